The molecule has 0 saturated heterocycles. The molecule has 0 bridgehead atoms. The Labute approximate surface area is 316 Å². The number of aryl methyl sites for hydroxylation is 1. The Hall–Kier alpha value is -4.31. The molecule has 2 heterocycles. The van der Waals surface area contributed by atoms with Crippen LogP contribution in [0.15, 0.2) is 107 Å². The first kappa shape index (κ1) is 37.9. The van der Waals surface area contributed by atoms with E-state index in [1.807, 2.05) is 40.0 Å². The molecule has 1 radical (unpaired) electrons. The predicted molar refractivity (Wildman–Crippen MR) is 207 cm³/mol. The van der Waals surface area contributed by atoms with Crippen LogP contribution in [0.5, 0.6) is 0 Å². The molecule has 265 valence electrons. The van der Waals surface area contributed by atoms with Gasteiger partial charge in [-0.05, 0) is 47.8 Å². The normalized spacial score (nSPS) is 13.2. The number of pyridine rings is 1. The molecule has 0 unspecified atom stereocenters. The minimum atomic E-state index is -0.240. The molecule has 4 nitrogen and oxygen atoms in total. The van der Waals surface area contributed by atoms with E-state index in [0.29, 0.717) is 0 Å². The fourth-order valence-electron chi connectivity index (χ4n) is 7.47. The maximum absolute atomic E-state index is 11.7. The maximum atomic E-state index is 11.7. The van der Waals surface area contributed by atoms with E-state index in [1.54, 1.807) is 0 Å². The van der Waals surface area contributed by atoms with E-state index < -0.39 is 0 Å². The number of fused-ring (bicyclic) bond motifs is 2. The Kier molecular flexibility index (Phi) is 11.8. The van der Waals surface area contributed by atoms with E-state index in [0.717, 1.165) is 81.1 Å². The molecular formula is C46H48IrNO3-. The quantitative estimate of drug-likeness (QED) is 0.0894. The van der Waals surface area contributed by atoms with Crippen LogP contribution in [-0.4, -0.2) is 15.9 Å². The topological polar surface area (TPSA) is 63.3 Å². The first-order valence-electron chi connectivity index (χ1n) is 18.1. The minimum absolute atomic E-state index is 0. The molecule has 51 heavy (non-hydrogen) atoms. The Bertz CT molecular complexity index is 2170. The van der Waals surface area contributed by atoms with Crippen LogP contribution in [0.4, 0.5) is 0 Å². The van der Waals surface area contributed by atoms with Gasteiger partial charge in [0.1, 0.15) is 11.2 Å². The smallest absolute Gasteiger partial charge is 0.162 e. The summed E-state index contributed by atoms with van der Waals surface area (Å²) < 4.78 is 6.86. The van der Waals surface area contributed by atoms with Gasteiger partial charge in [0.05, 0.1) is 5.76 Å². The van der Waals surface area contributed by atoms with Gasteiger partial charge in [-0.1, -0.05) is 121 Å². The molecule has 0 atom stereocenters. The van der Waals surface area contributed by atoms with Gasteiger partial charge < -0.3 is 14.5 Å². The molecule has 4 aromatic carbocycles. The van der Waals surface area contributed by atoms with Crippen LogP contribution in [-0.2, 0) is 30.3 Å². The summed E-state index contributed by atoms with van der Waals surface area (Å²) in [6.07, 6.45) is 6.87. The van der Waals surface area contributed by atoms with Crippen LogP contribution in [0.2, 0.25) is 0 Å². The Morgan fingerprint density at radius 2 is 1.37 bits per heavy atom. The number of aliphatic hydroxyl groups excluding tert-OH is 1. The van der Waals surface area contributed by atoms with Crippen LogP contribution in [0.25, 0.3) is 55.4 Å². The van der Waals surface area contributed by atoms with Gasteiger partial charge in [-0.2, -0.15) is 0 Å². The summed E-state index contributed by atoms with van der Waals surface area (Å²) in [5.74, 6) is 0.547. The van der Waals surface area contributed by atoms with E-state index in [9.17, 15) is 9.90 Å². The number of furan rings is 1. The maximum Gasteiger partial charge on any atom is 0.162 e. The number of ketones is 1. The van der Waals surface area contributed by atoms with E-state index in [-0.39, 0.29) is 48.9 Å². The van der Waals surface area contributed by atoms with Crippen LogP contribution >= 0.6 is 0 Å². The number of hydrogen-bond donors (Lipinski definition) is 1. The Balaban J connectivity index is 0.000000271. The van der Waals surface area contributed by atoms with Crippen molar-refractivity contribution in [2.75, 3.05) is 0 Å². The average Bonchev–Trinajstić information content (AvgIpc) is 3.50. The summed E-state index contributed by atoms with van der Waals surface area (Å²) in [6, 6.07) is 33.4. The zero-order chi connectivity index (χ0) is 35.6. The summed E-state index contributed by atoms with van der Waals surface area (Å²) in [7, 11) is 0. The van der Waals surface area contributed by atoms with Gasteiger partial charge in [0.15, 0.2) is 5.78 Å². The molecule has 1 N–H and O–H groups in total. The second-order valence-electron chi connectivity index (χ2n) is 14.0. The number of aromatic nitrogens is 1. The van der Waals surface area contributed by atoms with Crippen molar-refractivity contribution in [1.29, 1.82) is 0 Å². The minimum Gasteiger partial charge on any atom is -0.512 e. The second-order valence-corrected chi connectivity index (χ2v) is 14.0. The molecule has 0 fully saturated rings. The van der Waals surface area contributed by atoms with Gasteiger partial charge in [0.2, 0.25) is 0 Å². The van der Waals surface area contributed by atoms with Crippen LogP contribution in [0.3, 0.4) is 0 Å². The number of carbonyl (C=O) groups is 1. The number of aliphatic hydroxyl groups is 1. The van der Waals surface area contributed by atoms with Crippen molar-refractivity contribution in [3.63, 3.8) is 0 Å². The fraction of sp³-hybridized carbons (Fsp3) is 0.304. The van der Waals surface area contributed by atoms with Crippen LogP contribution in [0.1, 0.15) is 83.9 Å². The molecule has 6 aromatic rings. The number of allylic oxidation sites excluding steroid dienone is 2. The molecule has 1 aliphatic rings. The first-order chi connectivity index (χ1) is 24.1. The number of nitrogens with zero attached hydrogens (tertiary/aromatic N) is 1. The summed E-state index contributed by atoms with van der Waals surface area (Å²) >= 11 is 0. The third-order valence-corrected chi connectivity index (χ3v) is 10.6. The summed E-state index contributed by atoms with van der Waals surface area (Å²) in [5, 5.41) is 12.0. The van der Waals surface area contributed by atoms with Crippen molar-refractivity contribution in [1.82, 2.24) is 4.98 Å². The molecule has 2 aromatic heterocycles. The van der Waals surface area contributed by atoms with Gasteiger partial charge in [-0.15, -0.1) is 34.9 Å². The number of carbonyl (C=O) groups excluding carboxylic acids is 1. The Morgan fingerprint density at radius 3 is 1.96 bits per heavy atom. The van der Waals surface area contributed by atoms with Crippen LogP contribution in [0, 0.1) is 24.8 Å². The van der Waals surface area contributed by atoms with Crippen molar-refractivity contribution in [2.45, 2.75) is 79.6 Å². The monoisotopic (exact) mass is 855 g/mol. The van der Waals surface area contributed by atoms with E-state index in [2.05, 4.69) is 106 Å². The van der Waals surface area contributed by atoms with Crippen molar-refractivity contribution in [3.05, 3.63) is 126 Å². The third kappa shape index (κ3) is 7.12. The van der Waals surface area contributed by atoms with Crippen molar-refractivity contribution in [3.8, 4) is 33.5 Å². The van der Waals surface area contributed by atoms with Crippen molar-refractivity contribution >= 4 is 27.7 Å². The van der Waals surface area contributed by atoms with E-state index in [4.69, 9.17) is 9.40 Å². The summed E-state index contributed by atoms with van der Waals surface area (Å²) in [5.41, 5.74) is 11.7. The van der Waals surface area contributed by atoms with Crippen molar-refractivity contribution in [2.24, 2.45) is 11.8 Å². The fourth-order valence-corrected chi connectivity index (χ4v) is 7.47. The zero-order valence-electron chi connectivity index (χ0n) is 30.8. The predicted octanol–water partition coefficient (Wildman–Crippen LogP) is 12.6. The van der Waals surface area contributed by atoms with E-state index >= 15 is 0 Å². The van der Waals surface area contributed by atoms with Gasteiger partial charge in [-0.25, -0.2) is 0 Å². The van der Waals surface area contributed by atoms with Gasteiger partial charge in [0.25, 0.3) is 0 Å². The van der Waals surface area contributed by atoms with Crippen LogP contribution < -0.4 is 0 Å². The third-order valence-electron chi connectivity index (χ3n) is 10.6. The van der Waals surface area contributed by atoms with Gasteiger partial charge in [0, 0.05) is 71.8 Å². The van der Waals surface area contributed by atoms with E-state index in [1.165, 1.54) is 22.8 Å². The zero-order valence-corrected chi connectivity index (χ0v) is 33.2. The van der Waals surface area contributed by atoms with Crippen molar-refractivity contribution < 1.29 is 34.4 Å². The SMILES string of the molecule is CCC(CC)C(=O)/C=C(\O)C(CC)CC.Cc1c[c-]c2c(c1)C(C)(C)c1ccc(-c3ccccc3)c3oc4c(-c5ccccc5)cnc-2c4c13.[Ir]. The second kappa shape index (κ2) is 15.9. The summed E-state index contributed by atoms with van der Waals surface area (Å²) in [4.78, 5) is 16.8. The molecule has 0 aliphatic heterocycles. The molecule has 0 saturated carbocycles. The molecule has 7 rings (SSSR count). The Morgan fingerprint density at radius 1 is 0.804 bits per heavy atom. The number of hydrogen-bond acceptors (Lipinski definition) is 4. The molecule has 0 spiro atoms. The molecular weight excluding hydrogens is 807 g/mol. The summed E-state index contributed by atoms with van der Waals surface area (Å²) in [6.45, 7) is 14.8. The van der Waals surface area contributed by atoms with Gasteiger partial charge >= 0.3 is 0 Å². The standard InChI is InChI=1S/C33H24NO.C13H24O2.Ir/c1-20-14-15-24-27(18-20)33(2,3)26-17-16-23(21-10-6-4-7-11-21)31-28(26)29-30(24)34-19-25(32(29)35-31)22-12-8-5-9-13-22;1-5-10(6-2)12(14)9-13(15)11(7-3)8-4;/h4-14,16-19H,1-3H3;9-11,14H,5-8H2,1-4H3;/q-1;;/b;12-9-;. The molecule has 5 heteroatoms. The largest absolute Gasteiger partial charge is 0.512 e. The number of rotatable bonds is 9. The van der Waals surface area contributed by atoms with Gasteiger partial charge in [-0.3, -0.25) is 4.79 Å². The number of benzene rings is 4. The molecule has 1 aliphatic carbocycles. The average molecular weight is 855 g/mol. The molecule has 0 amide bonds. The first-order valence-corrected chi connectivity index (χ1v) is 18.1.